The molecule has 1 aromatic heterocycles. The smallest absolute Gasteiger partial charge is 0.191 e. The van der Waals surface area contributed by atoms with Gasteiger partial charge >= 0.3 is 0 Å². The highest BCUT2D eigenvalue weighted by atomic mass is 35.5. The maximum Gasteiger partial charge on any atom is 0.191 e. The molecule has 140 valence electrons. The number of ketones is 1. The van der Waals surface area contributed by atoms with Crippen LogP contribution in [0.25, 0.3) is 11.4 Å². The molecule has 0 fully saturated rings. The van der Waals surface area contributed by atoms with Gasteiger partial charge in [-0.1, -0.05) is 35.5 Å². The maximum atomic E-state index is 13.5. The zero-order chi connectivity index (χ0) is 19.4. The molecule has 3 aromatic rings. The molecule has 8 heteroatoms. The third-order valence-corrected chi connectivity index (χ3v) is 5.11. The van der Waals surface area contributed by atoms with E-state index in [2.05, 4.69) is 10.2 Å². The zero-order valence-corrected chi connectivity index (χ0v) is 16.4. The Kier molecular flexibility index (Phi) is 6.13. The lowest BCUT2D eigenvalue weighted by Crippen LogP contribution is -2.07. The van der Waals surface area contributed by atoms with E-state index in [0.717, 1.165) is 5.56 Å². The number of hydrogen-bond acceptors (Lipinski definition) is 5. The van der Waals surface area contributed by atoms with Gasteiger partial charge in [0.15, 0.2) is 16.8 Å². The molecule has 0 spiro atoms. The molecule has 0 saturated heterocycles. The first kappa shape index (κ1) is 19.4. The highest BCUT2D eigenvalue weighted by Crippen LogP contribution is 2.27. The summed E-state index contributed by atoms with van der Waals surface area (Å²) in [6.45, 7) is 2.60. The third kappa shape index (κ3) is 4.31. The fourth-order valence-corrected chi connectivity index (χ4v) is 3.70. The molecule has 3 rings (SSSR count). The minimum absolute atomic E-state index is 0.0908. The van der Waals surface area contributed by atoms with Gasteiger partial charge in [-0.3, -0.25) is 4.79 Å². The number of ether oxygens (including phenoxy) is 1. The molecule has 1 heterocycles. The van der Waals surface area contributed by atoms with Crippen molar-refractivity contribution in [1.29, 1.82) is 0 Å². The van der Waals surface area contributed by atoms with Crippen molar-refractivity contribution in [2.75, 3.05) is 12.9 Å². The van der Waals surface area contributed by atoms with Gasteiger partial charge in [0.25, 0.3) is 0 Å². The van der Waals surface area contributed by atoms with E-state index in [4.69, 9.17) is 16.3 Å². The summed E-state index contributed by atoms with van der Waals surface area (Å²) in [5.74, 6) is 0.389. The normalized spacial score (nSPS) is 10.8. The van der Waals surface area contributed by atoms with Crippen LogP contribution in [0.3, 0.4) is 0 Å². The summed E-state index contributed by atoms with van der Waals surface area (Å²) in [5.41, 5.74) is 1.06. The average molecular weight is 406 g/mol. The van der Waals surface area contributed by atoms with Crippen LogP contribution in [-0.4, -0.2) is 33.4 Å². The summed E-state index contributed by atoms with van der Waals surface area (Å²) in [4.78, 5) is 12.5. The first-order valence-electron chi connectivity index (χ1n) is 8.22. The summed E-state index contributed by atoms with van der Waals surface area (Å²) in [6, 6.07) is 11.2. The molecule has 0 bridgehead atoms. The SMILES string of the molecule is CCn1c(SCC(=O)c2cc(F)ccc2OC)nnc1-c1cccc(Cl)c1. The van der Waals surface area contributed by atoms with Gasteiger partial charge in [-0.2, -0.15) is 0 Å². The van der Waals surface area contributed by atoms with Crippen LogP contribution < -0.4 is 4.74 Å². The summed E-state index contributed by atoms with van der Waals surface area (Å²) >= 11 is 7.31. The van der Waals surface area contributed by atoms with E-state index >= 15 is 0 Å². The number of aromatic nitrogens is 3. The fraction of sp³-hybridized carbons (Fsp3) is 0.211. The minimum atomic E-state index is -0.482. The van der Waals surface area contributed by atoms with Gasteiger partial charge in [0.05, 0.1) is 18.4 Å². The molecule has 0 saturated carbocycles. The van der Waals surface area contributed by atoms with Gasteiger partial charge in [-0.15, -0.1) is 10.2 Å². The van der Waals surface area contributed by atoms with Gasteiger partial charge in [-0.25, -0.2) is 4.39 Å². The molecule has 0 aliphatic heterocycles. The number of hydrogen-bond donors (Lipinski definition) is 0. The van der Waals surface area contributed by atoms with Crippen LogP contribution in [0.2, 0.25) is 5.02 Å². The van der Waals surface area contributed by atoms with Crippen LogP contribution in [0, 0.1) is 5.82 Å². The highest BCUT2D eigenvalue weighted by molar-refractivity contribution is 7.99. The predicted molar refractivity (Wildman–Crippen MR) is 104 cm³/mol. The van der Waals surface area contributed by atoms with Crippen LogP contribution in [0.1, 0.15) is 17.3 Å². The average Bonchev–Trinajstić information content (AvgIpc) is 3.09. The Hall–Kier alpha value is -2.38. The molecular weight excluding hydrogens is 389 g/mol. The lowest BCUT2D eigenvalue weighted by atomic mass is 10.1. The monoisotopic (exact) mass is 405 g/mol. The number of benzene rings is 2. The molecular formula is C19H17ClFN3O2S. The van der Waals surface area contributed by atoms with Gasteiger partial charge in [-0.05, 0) is 37.3 Å². The molecule has 27 heavy (non-hydrogen) atoms. The van der Waals surface area contributed by atoms with Crippen LogP contribution in [0.4, 0.5) is 4.39 Å². The summed E-state index contributed by atoms with van der Waals surface area (Å²) in [6.07, 6.45) is 0. The Morgan fingerprint density at radius 3 is 2.78 bits per heavy atom. The fourth-order valence-electron chi connectivity index (χ4n) is 2.63. The Morgan fingerprint density at radius 2 is 2.07 bits per heavy atom. The molecule has 0 amide bonds. The number of nitrogens with zero attached hydrogens (tertiary/aromatic N) is 3. The molecule has 0 aliphatic carbocycles. The molecule has 0 aliphatic rings. The largest absolute Gasteiger partial charge is 0.496 e. The summed E-state index contributed by atoms with van der Waals surface area (Å²) in [7, 11) is 1.45. The number of rotatable bonds is 7. The maximum absolute atomic E-state index is 13.5. The molecule has 5 nitrogen and oxygen atoms in total. The van der Waals surface area contributed by atoms with Gasteiger partial charge in [0, 0.05) is 17.1 Å². The number of carbonyl (C=O) groups excluding carboxylic acids is 1. The quantitative estimate of drug-likeness (QED) is 0.419. The number of methoxy groups -OCH3 is 1. The number of Topliss-reactive ketones (excluding diaryl/α,β-unsaturated/α-hetero) is 1. The summed E-state index contributed by atoms with van der Waals surface area (Å²) < 4.78 is 20.6. The number of thioether (sulfide) groups is 1. The second-order valence-electron chi connectivity index (χ2n) is 5.62. The van der Waals surface area contributed by atoms with Crippen molar-refractivity contribution in [3.05, 3.63) is 58.9 Å². The Bertz CT molecular complexity index is 977. The van der Waals surface area contributed by atoms with E-state index in [1.807, 2.05) is 29.7 Å². The van der Waals surface area contributed by atoms with Crippen molar-refractivity contribution in [1.82, 2.24) is 14.8 Å². The minimum Gasteiger partial charge on any atom is -0.496 e. The van der Waals surface area contributed by atoms with Crippen LogP contribution in [0.15, 0.2) is 47.6 Å². The third-order valence-electron chi connectivity index (χ3n) is 3.91. The van der Waals surface area contributed by atoms with Crippen LogP contribution in [-0.2, 0) is 6.54 Å². The molecule has 2 aromatic carbocycles. The number of halogens is 2. The van der Waals surface area contributed by atoms with E-state index in [9.17, 15) is 9.18 Å². The van der Waals surface area contributed by atoms with Crippen molar-refractivity contribution in [2.24, 2.45) is 0 Å². The van der Waals surface area contributed by atoms with Crippen LogP contribution in [0.5, 0.6) is 5.75 Å². The predicted octanol–water partition coefficient (Wildman–Crippen LogP) is 4.74. The standard InChI is InChI=1S/C19H17ClFN3O2S/c1-3-24-18(12-5-4-6-13(20)9-12)22-23-19(24)27-11-16(25)15-10-14(21)7-8-17(15)26-2/h4-10H,3,11H2,1-2H3. The molecule has 0 radical (unpaired) electrons. The highest BCUT2D eigenvalue weighted by Gasteiger charge is 2.18. The zero-order valence-electron chi connectivity index (χ0n) is 14.8. The molecule has 0 N–H and O–H groups in total. The van der Waals surface area contributed by atoms with E-state index in [1.165, 1.54) is 37.1 Å². The summed E-state index contributed by atoms with van der Waals surface area (Å²) in [5, 5.41) is 9.65. The van der Waals surface area contributed by atoms with E-state index in [0.29, 0.717) is 28.3 Å². The molecule has 0 atom stereocenters. The van der Waals surface area contributed by atoms with Gasteiger partial charge in [0.1, 0.15) is 11.6 Å². The van der Waals surface area contributed by atoms with E-state index in [-0.39, 0.29) is 17.1 Å². The van der Waals surface area contributed by atoms with Crippen molar-refractivity contribution in [2.45, 2.75) is 18.6 Å². The second kappa shape index (κ2) is 8.54. The van der Waals surface area contributed by atoms with Crippen molar-refractivity contribution in [3.8, 4) is 17.1 Å². The van der Waals surface area contributed by atoms with Gasteiger partial charge in [0.2, 0.25) is 0 Å². The topological polar surface area (TPSA) is 57.0 Å². The van der Waals surface area contributed by atoms with Gasteiger partial charge < -0.3 is 9.30 Å². The first-order valence-corrected chi connectivity index (χ1v) is 9.58. The van der Waals surface area contributed by atoms with E-state index in [1.54, 1.807) is 6.07 Å². The van der Waals surface area contributed by atoms with E-state index < -0.39 is 5.82 Å². The van der Waals surface area contributed by atoms with Crippen molar-refractivity contribution >= 4 is 29.1 Å². The van der Waals surface area contributed by atoms with Crippen molar-refractivity contribution < 1.29 is 13.9 Å². The Labute approximate surface area is 165 Å². The molecule has 0 unspecified atom stereocenters. The van der Waals surface area contributed by atoms with Crippen LogP contribution >= 0.6 is 23.4 Å². The van der Waals surface area contributed by atoms with Crippen molar-refractivity contribution in [3.63, 3.8) is 0 Å². The Morgan fingerprint density at radius 1 is 1.26 bits per heavy atom. The Balaban J connectivity index is 1.81. The second-order valence-corrected chi connectivity index (χ2v) is 7.00. The lowest BCUT2D eigenvalue weighted by Gasteiger charge is -2.09. The lowest BCUT2D eigenvalue weighted by molar-refractivity contribution is 0.101. The first-order chi connectivity index (χ1) is 13.0. The number of carbonyl (C=O) groups is 1.